The summed E-state index contributed by atoms with van der Waals surface area (Å²) in [6.07, 6.45) is 1.55. The molecule has 0 saturated carbocycles. The third-order valence-electron chi connectivity index (χ3n) is 3.66. The molecule has 2 amide bonds. The minimum atomic E-state index is -0.960. The number of nitrogens with one attached hydrogen (secondary N) is 1. The standard InChI is InChI=1S/C12H19N5O4/c1-7(10-15-13-6-16(10)2)14-12(20)17(3)9-5-21-4-8(9)11(18)19/h6-9H,4-5H2,1-3H3,(H,14,20)(H,18,19). The Bertz CT molecular complexity index is 531. The molecule has 1 aromatic rings. The van der Waals surface area contributed by atoms with Crippen molar-refractivity contribution >= 4 is 12.0 Å². The monoisotopic (exact) mass is 297 g/mol. The number of carbonyl (C=O) groups excluding carboxylic acids is 1. The first-order chi connectivity index (χ1) is 9.91. The van der Waals surface area contributed by atoms with Gasteiger partial charge in [0.15, 0.2) is 5.82 Å². The Labute approximate surface area is 121 Å². The van der Waals surface area contributed by atoms with Crippen LogP contribution in [-0.4, -0.2) is 63.1 Å². The molecule has 1 fully saturated rings. The van der Waals surface area contributed by atoms with Crippen LogP contribution >= 0.6 is 0 Å². The summed E-state index contributed by atoms with van der Waals surface area (Å²) in [6.45, 7) is 2.13. The van der Waals surface area contributed by atoms with E-state index in [1.54, 1.807) is 31.9 Å². The fraction of sp³-hybridized carbons (Fsp3) is 0.667. The van der Waals surface area contributed by atoms with E-state index in [2.05, 4.69) is 15.5 Å². The zero-order chi connectivity index (χ0) is 15.6. The van der Waals surface area contributed by atoms with Gasteiger partial charge in [0.25, 0.3) is 0 Å². The molecule has 116 valence electrons. The SMILES string of the molecule is CC(NC(=O)N(C)C1COCC1C(=O)O)c1nncn1C. The maximum atomic E-state index is 12.2. The van der Waals surface area contributed by atoms with E-state index in [0.29, 0.717) is 5.82 Å². The molecule has 1 saturated heterocycles. The van der Waals surface area contributed by atoms with Crippen molar-refractivity contribution in [3.63, 3.8) is 0 Å². The van der Waals surface area contributed by atoms with Crippen molar-refractivity contribution in [3.8, 4) is 0 Å². The van der Waals surface area contributed by atoms with E-state index in [1.807, 2.05) is 0 Å². The van der Waals surface area contributed by atoms with Crippen LogP contribution in [0.15, 0.2) is 6.33 Å². The number of carboxylic acid groups (broad SMARTS) is 1. The number of amides is 2. The lowest BCUT2D eigenvalue weighted by atomic mass is 10.0. The van der Waals surface area contributed by atoms with Crippen molar-refractivity contribution in [2.75, 3.05) is 20.3 Å². The molecule has 0 bridgehead atoms. The van der Waals surface area contributed by atoms with Gasteiger partial charge in [0.05, 0.1) is 25.3 Å². The molecule has 0 radical (unpaired) electrons. The summed E-state index contributed by atoms with van der Waals surface area (Å²) in [7, 11) is 3.35. The van der Waals surface area contributed by atoms with Crippen molar-refractivity contribution < 1.29 is 19.4 Å². The van der Waals surface area contributed by atoms with E-state index >= 15 is 0 Å². The summed E-state index contributed by atoms with van der Waals surface area (Å²) in [5.41, 5.74) is 0. The summed E-state index contributed by atoms with van der Waals surface area (Å²) in [6, 6.07) is -1.18. The topological polar surface area (TPSA) is 110 Å². The second kappa shape index (κ2) is 6.08. The molecule has 1 aliphatic rings. The van der Waals surface area contributed by atoms with Gasteiger partial charge in [0.1, 0.15) is 12.2 Å². The summed E-state index contributed by atoms with van der Waals surface area (Å²) >= 11 is 0. The number of likely N-dealkylation sites (N-methyl/N-ethyl adjacent to an activating group) is 1. The highest BCUT2D eigenvalue weighted by molar-refractivity contribution is 5.77. The summed E-state index contributed by atoms with van der Waals surface area (Å²) < 4.78 is 6.88. The summed E-state index contributed by atoms with van der Waals surface area (Å²) in [4.78, 5) is 24.7. The summed E-state index contributed by atoms with van der Waals surface area (Å²) in [5, 5.41) is 19.6. The van der Waals surface area contributed by atoms with Gasteiger partial charge in [-0.3, -0.25) is 4.79 Å². The average molecular weight is 297 g/mol. The van der Waals surface area contributed by atoms with Crippen LogP contribution in [0, 0.1) is 5.92 Å². The number of aliphatic carboxylic acids is 1. The Morgan fingerprint density at radius 1 is 1.57 bits per heavy atom. The molecular formula is C12H19N5O4. The zero-order valence-electron chi connectivity index (χ0n) is 12.2. The highest BCUT2D eigenvalue weighted by Crippen LogP contribution is 2.19. The van der Waals surface area contributed by atoms with Gasteiger partial charge in [-0.25, -0.2) is 4.79 Å². The highest BCUT2D eigenvalue weighted by Gasteiger charge is 2.38. The van der Waals surface area contributed by atoms with Gasteiger partial charge in [-0.05, 0) is 6.92 Å². The molecule has 0 aliphatic carbocycles. The molecule has 2 rings (SSSR count). The molecule has 0 aromatic carbocycles. The molecule has 3 unspecified atom stereocenters. The van der Waals surface area contributed by atoms with E-state index in [1.165, 1.54) is 4.90 Å². The molecule has 9 heteroatoms. The molecular weight excluding hydrogens is 278 g/mol. The van der Waals surface area contributed by atoms with Crippen LogP contribution in [0.1, 0.15) is 18.8 Å². The fourth-order valence-corrected chi connectivity index (χ4v) is 2.35. The van der Waals surface area contributed by atoms with Gasteiger partial charge in [-0.15, -0.1) is 10.2 Å². The smallest absolute Gasteiger partial charge is 0.318 e. The number of rotatable bonds is 4. The number of hydrogen-bond acceptors (Lipinski definition) is 5. The van der Waals surface area contributed by atoms with Gasteiger partial charge in [0.2, 0.25) is 0 Å². The fourth-order valence-electron chi connectivity index (χ4n) is 2.35. The number of hydrogen-bond donors (Lipinski definition) is 2. The van der Waals surface area contributed by atoms with E-state index in [-0.39, 0.29) is 25.3 Å². The van der Waals surface area contributed by atoms with Gasteiger partial charge >= 0.3 is 12.0 Å². The molecule has 1 aromatic heterocycles. The summed E-state index contributed by atoms with van der Waals surface area (Å²) in [5.74, 6) is -1.04. The van der Waals surface area contributed by atoms with Crippen molar-refractivity contribution in [2.45, 2.75) is 19.0 Å². The van der Waals surface area contributed by atoms with Gasteiger partial charge in [0, 0.05) is 14.1 Å². The Kier molecular flexibility index (Phi) is 4.41. The molecule has 21 heavy (non-hydrogen) atoms. The van der Waals surface area contributed by atoms with Crippen LogP contribution in [-0.2, 0) is 16.6 Å². The number of urea groups is 1. The zero-order valence-corrected chi connectivity index (χ0v) is 12.2. The second-order valence-corrected chi connectivity index (χ2v) is 5.13. The Morgan fingerprint density at radius 2 is 2.29 bits per heavy atom. The average Bonchev–Trinajstić information content (AvgIpc) is 3.05. The first kappa shape index (κ1) is 15.2. The minimum absolute atomic E-state index is 0.121. The third kappa shape index (κ3) is 3.13. The molecule has 3 atom stereocenters. The van der Waals surface area contributed by atoms with E-state index in [0.717, 1.165) is 0 Å². The lowest BCUT2D eigenvalue weighted by Gasteiger charge is -2.27. The number of carboxylic acids is 1. The number of ether oxygens (including phenoxy) is 1. The van der Waals surface area contributed by atoms with Gasteiger partial charge in [-0.1, -0.05) is 0 Å². The molecule has 1 aliphatic heterocycles. The first-order valence-corrected chi connectivity index (χ1v) is 6.59. The largest absolute Gasteiger partial charge is 0.481 e. The molecule has 2 heterocycles. The lowest BCUT2D eigenvalue weighted by Crippen LogP contribution is -2.49. The molecule has 0 spiro atoms. The van der Waals surface area contributed by atoms with Crippen molar-refractivity contribution in [3.05, 3.63) is 12.2 Å². The van der Waals surface area contributed by atoms with Crippen LogP contribution in [0.2, 0.25) is 0 Å². The van der Waals surface area contributed by atoms with E-state index in [4.69, 9.17) is 9.84 Å². The van der Waals surface area contributed by atoms with Gasteiger partial charge < -0.3 is 24.6 Å². The van der Waals surface area contributed by atoms with Crippen LogP contribution in [0.4, 0.5) is 4.79 Å². The molecule has 2 N–H and O–H groups in total. The first-order valence-electron chi connectivity index (χ1n) is 6.59. The highest BCUT2D eigenvalue weighted by atomic mass is 16.5. The van der Waals surface area contributed by atoms with Crippen LogP contribution in [0.5, 0.6) is 0 Å². The predicted molar refractivity (Wildman–Crippen MR) is 71.4 cm³/mol. The quantitative estimate of drug-likeness (QED) is 0.784. The predicted octanol–water partition coefficient (Wildman–Crippen LogP) is -0.383. The van der Waals surface area contributed by atoms with Crippen LogP contribution in [0.3, 0.4) is 0 Å². The van der Waals surface area contributed by atoms with Crippen molar-refractivity contribution in [1.29, 1.82) is 0 Å². The molecule has 9 nitrogen and oxygen atoms in total. The number of aryl methyl sites for hydroxylation is 1. The van der Waals surface area contributed by atoms with Gasteiger partial charge in [-0.2, -0.15) is 0 Å². The van der Waals surface area contributed by atoms with Crippen LogP contribution in [0.25, 0.3) is 0 Å². The maximum absolute atomic E-state index is 12.2. The normalized spacial score (nSPS) is 22.8. The maximum Gasteiger partial charge on any atom is 0.318 e. The number of nitrogens with zero attached hydrogens (tertiary/aromatic N) is 4. The van der Waals surface area contributed by atoms with Crippen molar-refractivity contribution in [2.24, 2.45) is 13.0 Å². The Hall–Kier alpha value is -2.16. The number of aromatic nitrogens is 3. The third-order valence-corrected chi connectivity index (χ3v) is 3.66. The van der Waals surface area contributed by atoms with Crippen molar-refractivity contribution in [1.82, 2.24) is 25.0 Å². The van der Waals surface area contributed by atoms with E-state index < -0.39 is 17.9 Å². The Morgan fingerprint density at radius 3 is 2.86 bits per heavy atom. The number of carbonyl (C=O) groups is 2. The Balaban J connectivity index is 1.99. The lowest BCUT2D eigenvalue weighted by molar-refractivity contribution is -0.142. The second-order valence-electron chi connectivity index (χ2n) is 5.13. The minimum Gasteiger partial charge on any atom is -0.481 e. The van der Waals surface area contributed by atoms with Crippen LogP contribution < -0.4 is 5.32 Å². The van der Waals surface area contributed by atoms with E-state index in [9.17, 15) is 9.59 Å².